The lowest BCUT2D eigenvalue weighted by atomic mass is 10.0. The highest BCUT2D eigenvalue weighted by molar-refractivity contribution is 5.92. The Hall–Kier alpha value is -2.17. The van der Waals surface area contributed by atoms with E-state index in [9.17, 15) is 14.9 Å². The van der Waals surface area contributed by atoms with Crippen LogP contribution in [0.3, 0.4) is 0 Å². The molecule has 20 heavy (non-hydrogen) atoms. The Bertz CT molecular complexity index is 522. The van der Waals surface area contributed by atoms with E-state index < -0.39 is 4.92 Å². The predicted molar refractivity (Wildman–Crippen MR) is 77.2 cm³/mol. The van der Waals surface area contributed by atoms with Crippen molar-refractivity contribution in [3.63, 3.8) is 0 Å². The summed E-state index contributed by atoms with van der Waals surface area (Å²) in [4.78, 5) is 24.1. The fourth-order valence-electron chi connectivity index (χ4n) is 2.40. The zero-order valence-electron chi connectivity index (χ0n) is 11.5. The summed E-state index contributed by atoms with van der Waals surface area (Å²) in [5.74, 6) is 0.00977. The van der Waals surface area contributed by atoms with Crippen molar-refractivity contribution in [2.75, 3.05) is 6.54 Å². The predicted octanol–water partition coefficient (Wildman–Crippen LogP) is 3.01. The fraction of sp³-hybridized carbons (Fsp3) is 0.400. The minimum atomic E-state index is -0.436. The maximum absolute atomic E-state index is 12.1. The molecule has 1 fully saturated rings. The molecule has 106 valence electrons. The molecule has 2 rings (SSSR count). The summed E-state index contributed by atoms with van der Waals surface area (Å²) in [5.41, 5.74) is 0.840. The number of nitro groups is 1. The molecule has 0 aliphatic carbocycles. The molecule has 1 aliphatic heterocycles. The molecule has 1 amide bonds. The van der Waals surface area contributed by atoms with Gasteiger partial charge in [-0.2, -0.15) is 0 Å². The van der Waals surface area contributed by atoms with Gasteiger partial charge in [-0.25, -0.2) is 0 Å². The third kappa shape index (κ3) is 3.44. The van der Waals surface area contributed by atoms with Crippen LogP contribution in [-0.4, -0.2) is 28.3 Å². The van der Waals surface area contributed by atoms with Gasteiger partial charge < -0.3 is 4.90 Å². The second kappa shape index (κ2) is 6.32. The maximum Gasteiger partial charge on any atom is 0.269 e. The number of likely N-dealkylation sites (tertiary alicyclic amines) is 1. The van der Waals surface area contributed by atoms with Crippen LogP contribution < -0.4 is 0 Å². The van der Waals surface area contributed by atoms with Crippen LogP contribution in [0, 0.1) is 10.1 Å². The highest BCUT2D eigenvalue weighted by Gasteiger charge is 2.21. The van der Waals surface area contributed by atoms with Gasteiger partial charge in [0.2, 0.25) is 5.91 Å². The molecule has 5 nitrogen and oxygen atoms in total. The van der Waals surface area contributed by atoms with E-state index in [0.29, 0.717) is 0 Å². The minimum absolute atomic E-state index is 0.00977. The number of piperidine rings is 1. The van der Waals surface area contributed by atoms with Gasteiger partial charge in [0.1, 0.15) is 0 Å². The molecule has 1 unspecified atom stereocenters. The van der Waals surface area contributed by atoms with E-state index in [-0.39, 0.29) is 17.6 Å². The zero-order valence-corrected chi connectivity index (χ0v) is 11.5. The van der Waals surface area contributed by atoms with E-state index in [4.69, 9.17) is 0 Å². The fourth-order valence-corrected chi connectivity index (χ4v) is 2.40. The van der Waals surface area contributed by atoms with Gasteiger partial charge in [-0.3, -0.25) is 14.9 Å². The SMILES string of the molecule is CC1CCCCN1C(=O)/C=C/c1ccc([N+](=O)[O-])cc1. The van der Waals surface area contributed by atoms with Crippen molar-refractivity contribution in [2.24, 2.45) is 0 Å². The Kier molecular flexibility index (Phi) is 4.50. The van der Waals surface area contributed by atoms with Gasteiger partial charge in [0.05, 0.1) is 4.92 Å². The summed E-state index contributed by atoms with van der Waals surface area (Å²) in [7, 11) is 0. The number of carbonyl (C=O) groups is 1. The molecule has 0 bridgehead atoms. The van der Waals surface area contributed by atoms with Gasteiger partial charge in [-0.05, 0) is 50.0 Å². The lowest BCUT2D eigenvalue weighted by Crippen LogP contribution is -2.41. The summed E-state index contributed by atoms with van der Waals surface area (Å²) in [5, 5.41) is 10.5. The van der Waals surface area contributed by atoms with Crippen LogP contribution in [0.1, 0.15) is 31.7 Å². The molecule has 0 aromatic heterocycles. The van der Waals surface area contributed by atoms with Crippen LogP contribution in [0.2, 0.25) is 0 Å². The monoisotopic (exact) mass is 274 g/mol. The van der Waals surface area contributed by atoms with Crippen molar-refractivity contribution in [1.82, 2.24) is 4.90 Å². The first-order chi connectivity index (χ1) is 9.58. The number of hydrogen-bond donors (Lipinski definition) is 0. The number of amides is 1. The molecule has 1 saturated heterocycles. The highest BCUT2D eigenvalue weighted by Crippen LogP contribution is 2.17. The van der Waals surface area contributed by atoms with Crippen molar-refractivity contribution in [1.29, 1.82) is 0 Å². The summed E-state index contributed by atoms with van der Waals surface area (Å²) < 4.78 is 0. The molecule has 1 aromatic carbocycles. The van der Waals surface area contributed by atoms with E-state index in [1.165, 1.54) is 18.6 Å². The first kappa shape index (κ1) is 14.2. The molecule has 0 spiro atoms. The summed E-state index contributed by atoms with van der Waals surface area (Å²) in [6.07, 6.45) is 6.53. The summed E-state index contributed by atoms with van der Waals surface area (Å²) in [6, 6.07) is 6.45. The second-order valence-electron chi connectivity index (χ2n) is 5.06. The van der Waals surface area contributed by atoms with Crippen LogP contribution in [0.25, 0.3) is 6.08 Å². The number of benzene rings is 1. The number of nitro benzene ring substituents is 1. The van der Waals surface area contributed by atoms with Crippen molar-refractivity contribution >= 4 is 17.7 Å². The lowest BCUT2D eigenvalue weighted by Gasteiger charge is -2.32. The molecule has 1 aromatic rings. The average Bonchev–Trinajstić information content (AvgIpc) is 2.45. The van der Waals surface area contributed by atoms with Crippen molar-refractivity contribution in [3.05, 3.63) is 46.0 Å². The Morgan fingerprint density at radius 1 is 1.35 bits per heavy atom. The average molecular weight is 274 g/mol. The van der Waals surface area contributed by atoms with Crippen LogP contribution in [0.15, 0.2) is 30.3 Å². The maximum atomic E-state index is 12.1. The minimum Gasteiger partial charge on any atom is -0.336 e. The summed E-state index contributed by atoms with van der Waals surface area (Å²) in [6.45, 7) is 2.88. The molecular formula is C15H18N2O3. The van der Waals surface area contributed by atoms with Crippen molar-refractivity contribution in [2.45, 2.75) is 32.2 Å². The molecule has 0 saturated carbocycles. The number of hydrogen-bond acceptors (Lipinski definition) is 3. The quantitative estimate of drug-likeness (QED) is 0.483. The van der Waals surface area contributed by atoms with Crippen molar-refractivity contribution < 1.29 is 9.72 Å². The Morgan fingerprint density at radius 3 is 2.65 bits per heavy atom. The lowest BCUT2D eigenvalue weighted by molar-refractivity contribution is -0.384. The van der Waals surface area contributed by atoms with Crippen LogP contribution >= 0.6 is 0 Å². The van der Waals surface area contributed by atoms with E-state index in [1.54, 1.807) is 24.3 Å². The molecule has 1 heterocycles. The number of nitrogens with zero attached hydrogens (tertiary/aromatic N) is 2. The van der Waals surface area contributed by atoms with Gasteiger partial charge in [-0.15, -0.1) is 0 Å². The molecule has 5 heteroatoms. The smallest absolute Gasteiger partial charge is 0.269 e. The normalized spacial score (nSPS) is 19.2. The van der Waals surface area contributed by atoms with E-state index in [1.807, 2.05) is 4.90 Å². The molecule has 1 aliphatic rings. The standard InChI is InChI=1S/C15H18N2O3/c1-12-4-2-3-11-16(12)15(18)10-7-13-5-8-14(9-6-13)17(19)20/h5-10,12H,2-4,11H2,1H3/b10-7+. The molecular weight excluding hydrogens is 256 g/mol. The van der Waals surface area contributed by atoms with Crippen LogP contribution in [0.4, 0.5) is 5.69 Å². The Morgan fingerprint density at radius 2 is 2.05 bits per heavy atom. The molecule has 1 atom stereocenters. The highest BCUT2D eigenvalue weighted by atomic mass is 16.6. The van der Waals surface area contributed by atoms with E-state index in [2.05, 4.69) is 6.92 Å². The van der Waals surface area contributed by atoms with E-state index in [0.717, 1.165) is 24.9 Å². The van der Waals surface area contributed by atoms with Gasteiger partial charge in [-0.1, -0.05) is 0 Å². The largest absolute Gasteiger partial charge is 0.336 e. The van der Waals surface area contributed by atoms with Gasteiger partial charge in [0.15, 0.2) is 0 Å². The number of non-ortho nitro benzene ring substituents is 1. The zero-order chi connectivity index (χ0) is 14.5. The third-order valence-electron chi connectivity index (χ3n) is 3.61. The molecule has 0 radical (unpaired) electrons. The van der Waals surface area contributed by atoms with Crippen LogP contribution in [-0.2, 0) is 4.79 Å². The Labute approximate surface area is 118 Å². The third-order valence-corrected chi connectivity index (χ3v) is 3.61. The first-order valence-electron chi connectivity index (χ1n) is 6.81. The van der Waals surface area contributed by atoms with Crippen molar-refractivity contribution in [3.8, 4) is 0 Å². The number of carbonyl (C=O) groups excluding carboxylic acids is 1. The second-order valence-corrected chi connectivity index (χ2v) is 5.06. The van der Waals surface area contributed by atoms with Gasteiger partial charge in [0.25, 0.3) is 5.69 Å². The van der Waals surface area contributed by atoms with E-state index >= 15 is 0 Å². The van der Waals surface area contributed by atoms with Gasteiger partial charge in [0, 0.05) is 30.8 Å². The topological polar surface area (TPSA) is 63.5 Å². The van der Waals surface area contributed by atoms with Crippen LogP contribution in [0.5, 0.6) is 0 Å². The Balaban J connectivity index is 2.01. The molecule has 0 N–H and O–H groups in total. The number of rotatable bonds is 3. The first-order valence-corrected chi connectivity index (χ1v) is 6.81. The van der Waals surface area contributed by atoms with Gasteiger partial charge >= 0.3 is 0 Å². The summed E-state index contributed by atoms with van der Waals surface area (Å²) >= 11 is 0.